The first-order valence-corrected chi connectivity index (χ1v) is 5.43. The second kappa shape index (κ2) is 5.63. The summed E-state index contributed by atoms with van der Waals surface area (Å²) in [6.07, 6.45) is 3.50. The minimum Gasteiger partial charge on any atom is -0.478 e. The molecule has 1 heterocycles. The Balaban J connectivity index is 2.28. The van der Waals surface area contributed by atoms with Crippen LogP contribution >= 0.6 is 11.3 Å². The molecule has 0 radical (unpaired) electrons. The average molecular weight is 226 g/mol. The number of hydrogen-bond donors (Lipinski definition) is 2. The van der Waals surface area contributed by atoms with Gasteiger partial charge in [0.05, 0.1) is 5.01 Å². The van der Waals surface area contributed by atoms with Crippen molar-refractivity contribution in [2.75, 3.05) is 6.54 Å². The van der Waals surface area contributed by atoms with E-state index in [9.17, 15) is 4.79 Å². The van der Waals surface area contributed by atoms with Crippen LogP contribution in [0.2, 0.25) is 0 Å². The lowest BCUT2D eigenvalue weighted by Gasteiger charge is -1.98. The molecule has 0 aliphatic carbocycles. The van der Waals surface area contributed by atoms with Crippen molar-refractivity contribution in [1.82, 2.24) is 10.3 Å². The Morgan fingerprint density at radius 1 is 1.73 bits per heavy atom. The summed E-state index contributed by atoms with van der Waals surface area (Å²) in [7, 11) is 0. The monoisotopic (exact) mass is 226 g/mol. The second-order valence-electron chi connectivity index (χ2n) is 3.17. The van der Waals surface area contributed by atoms with Gasteiger partial charge >= 0.3 is 5.97 Å². The van der Waals surface area contributed by atoms with Crippen LogP contribution in [0.25, 0.3) is 0 Å². The predicted octanol–water partition coefficient (Wildman–Crippen LogP) is 1.57. The predicted molar refractivity (Wildman–Crippen MR) is 60.0 cm³/mol. The van der Waals surface area contributed by atoms with E-state index in [-0.39, 0.29) is 0 Å². The smallest absolute Gasteiger partial charge is 0.330 e. The third-order valence-corrected chi connectivity index (χ3v) is 2.77. The first-order valence-electron chi connectivity index (χ1n) is 4.61. The number of nitrogens with one attached hydrogen (secondary N) is 1. The van der Waals surface area contributed by atoms with Crippen LogP contribution < -0.4 is 5.32 Å². The third-order valence-electron chi connectivity index (χ3n) is 1.86. The molecule has 0 saturated carbocycles. The van der Waals surface area contributed by atoms with Crippen molar-refractivity contribution < 1.29 is 9.90 Å². The molecule has 15 heavy (non-hydrogen) atoms. The summed E-state index contributed by atoms with van der Waals surface area (Å²) in [5.41, 5.74) is 0.364. The number of aromatic nitrogens is 1. The lowest BCUT2D eigenvalue weighted by atomic mass is 10.3. The molecule has 0 bridgehead atoms. The Hall–Kier alpha value is -1.20. The maximum Gasteiger partial charge on any atom is 0.330 e. The number of hydrogen-bond acceptors (Lipinski definition) is 4. The maximum absolute atomic E-state index is 10.5. The second-order valence-corrected chi connectivity index (χ2v) is 4.49. The normalized spacial score (nSPS) is 11.7. The lowest BCUT2D eigenvalue weighted by molar-refractivity contribution is -0.132. The molecule has 1 aromatic rings. The van der Waals surface area contributed by atoms with Gasteiger partial charge in [0, 0.05) is 29.7 Å². The molecule has 82 valence electrons. The highest BCUT2D eigenvalue weighted by Crippen LogP contribution is 2.10. The third kappa shape index (κ3) is 4.22. The Bertz CT molecular complexity index is 371. The number of nitrogens with zero attached hydrogens (tertiary/aromatic N) is 1. The van der Waals surface area contributed by atoms with E-state index in [1.807, 2.05) is 13.1 Å². The van der Waals surface area contributed by atoms with Crippen LogP contribution in [0.4, 0.5) is 0 Å². The summed E-state index contributed by atoms with van der Waals surface area (Å²) in [4.78, 5) is 15.8. The highest BCUT2D eigenvalue weighted by Gasteiger charge is 1.99. The van der Waals surface area contributed by atoms with Crippen molar-refractivity contribution in [2.24, 2.45) is 0 Å². The van der Waals surface area contributed by atoms with Crippen molar-refractivity contribution in [1.29, 1.82) is 0 Å². The van der Waals surface area contributed by atoms with Crippen LogP contribution in [0.1, 0.15) is 16.8 Å². The van der Waals surface area contributed by atoms with Crippen molar-refractivity contribution in [2.45, 2.75) is 20.4 Å². The van der Waals surface area contributed by atoms with Gasteiger partial charge < -0.3 is 10.4 Å². The lowest BCUT2D eigenvalue weighted by Crippen LogP contribution is -2.13. The fraction of sp³-hybridized carbons (Fsp3) is 0.400. The number of aliphatic carboxylic acids is 1. The number of thiazole rings is 1. The molecule has 0 aliphatic heterocycles. The largest absolute Gasteiger partial charge is 0.478 e. The molecule has 1 rings (SSSR count). The Morgan fingerprint density at radius 2 is 2.47 bits per heavy atom. The van der Waals surface area contributed by atoms with Crippen LogP contribution in [-0.4, -0.2) is 22.6 Å². The summed E-state index contributed by atoms with van der Waals surface area (Å²) in [5, 5.41) is 12.8. The highest BCUT2D eigenvalue weighted by molar-refractivity contribution is 7.11. The minimum absolute atomic E-state index is 0.364. The standard InChI is InChI=1S/C10H14N2O2S/c1-7(10(13)14)3-4-11-5-9-6-12-8(2)15-9/h3,6,11H,4-5H2,1-2H3,(H,13,14). The van der Waals surface area contributed by atoms with E-state index in [2.05, 4.69) is 10.3 Å². The van der Waals surface area contributed by atoms with Gasteiger partial charge in [-0.2, -0.15) is 0 Å². The van der Waals surface area contributed by atoms with Gasteiger partial charge in [-0.05, 0) is 13.8 Å². The van der Waals surface area contributed by atoms with Gasteiger partial charge in [-0.3, -0.25) is 0 Å². The first kappa shape index (κ1) is 11.9. The van der Waals surface area contributed by atoms with Gasteiger partial charge in [0.2, 0.25) is 0 Å². The Kier molecular flexibility index (Phi) is 4.45. The Labute approximate surface area is 92.7 Å². The fourth-order valence-electron chi connectivity index (χ4n) is 0.995. The zero-order valence-electron chi connectivity index (χ0n) is 8.78. The van der Waals surface area contributed by atoms with Crippen molar-refractivity contribution >= 4 is 17.3 Å². The molecule has 0 fully saturated rings. The zero-order valence-corrected chi connectivity index (χ0v) is 9.60. The topological polar surface area (TPSA) is 62.2 Å². The summed E-state index contributed by atoms with van der Waals surface area (Å²) < 4.78 is 0. The first-order chi connectivity index (χ1) is 7.09. The molecule has 0 spiro atoms. The number of carboxylic acids is 1. The quantitative estimate of drug-likeness (QED) is 0.591. The molecular weight excluding hydrogens is 212 g/mol. The van der Waals surface area contributed by atoms with E-state index < -0.39 is 5.97 Å². The number of carboxylic acid groups (broad SMARTS) is 1. The Morgan fingerprint density at radius 3 is 3.00 bits per heavy atom. The van der Waals surface area contributed by atoms with Crippen molar-refractivity contribution in [3.8, 4) is 0 Å². The van der Waals surface area contributed by atoms with E-state index in [0.29, 0.717) is 12.1 Å². The van der Waals surface area contributed by atoms with Gasteiger partial charge in [-0.25, -0.2) is 9.78 Å². The molecular formula is C10H14N2O2S. The van der Waals surface area contributed by atoms with E-state index in [1.165, 1.54) is 0 Å². The molecule has 0 unspecified atom stereocenters. The molecule has 0 saturated heterocycles. The van der Waals surface area contributed by atoms with E-state index >= 15 is 0 Å². The van der Waals surface area contributed by atoms with E-state index in [4.69, 9.17) is 5.11 Å². The average Bonchev–Trinajstić information content (AvgIpc) is 2.58. The van der Waals surface area contributed by atoms with Gasteiger partial charge in [-0.1, -0.05) is 6.08 Å². The SMILES string of the molecule is CC(=CCNCc1cnc(C)s1)C(=O)O. The molecule has 0 aliphatic rings. The van der Waals surface area contributed by atoms with Crippen LogP contribution in [0, 0.1) is 6.92 Å². The summed E-state index contributed by atoms with van der Waals surface area (Å²) >= 11 is 1.64. The number of carbonyl (C=O) groups is 1. The summed E-state index contributed by atoms with van der Waals surface area (Å²) in [5.74, 6) is -0.870. The van der Waals surface area contributed by atoms with Crippen LogP contribution in [-0.2, 0) is 11.3 Å². The van der Waals surface area contributed by atoms with Gasteiger partial charge in [0.15, 0.2) is 0 Å². The molecule has 0 amide bonds. The van der Waals surface area contributed by atoms with Gasteiger partial charge in [-0.15, -0.1) is 11.3 Å². The van der Waals surface area contributed by atoms with Crippen LogP contribution in [0.5, 0.6) is 0 Å². The fourth-order valence-corrected chi connectivity index (χ4v) is 1.76. The molecule has 2 N–H and O–H groups in total. The van der Waals surface area contributed by atoms with Gasteiger partial charge in [0.25, 0.3) is 0 Å². The molecule has 1 aromatic heterocycles. The van der Waals surface area contributed by atoms with Crippen molar-refractivity contribution in [3.63, 3.8) is 0 Å². The van der Waals surface area contributed by atoms with E-state index in [1.54, 1.807) is 24.3 Å². The molecule has 0 atom stereocenters. The maximum atomic E-state index is 10.5. The number of rotatable bonds is 5. The van der Waals surface area contributed by atoms with E-state index in [0.717, 1.165) is 16.4 Å². The zero-order chi connectivity index (χ0) is 11.3. The summed E-state index contributed by atoms with van der Waals surface area (Å²) in [6.45, 7) is 4.84. The van der Waals surface area contributed by atoms with Gasteiger partial charge in [0.1, 0.15) is 0 Å². The molecule has 5 heteroatoms. The molecule has 0 aromatic carbocycles. The minimum atomic E-state index is -0.870. The highest BCUT2D eigenvalue weighted by atomic mass is 32.1. The van der Waals surface area contributed by atoms with Crippen LogP contribution in [0.3, 0.4) is 0 Å². The molecule has 4 nitrogen and oxygen atoms in total. The summed E-state index contributed by atoms with van der Waals surface area (Å²) in [6, 6.07) is 0. The number of aryl methyl sites for hydroxylation is 1. The van der Waals surface area contributed by atoms with Crippen LogP contribution in [0.15, 0.2) is 17.8 Å². The van der Waals surface area contributed by atoms with Crippen molar-refractivity contribution in [3.05, 3.63) is 27.7 Å².